The molecule has 1 aromatic carbocycles. The number of anilines is 1. The van der Waals surface area contributed by atoms with E-state index in [1.54, 1.807) is 4.68 Å². The van der Waals surface area contributed by atoms with Gasteiger partial charge >= 0.3 is 0 Å². The van der Waals surface area contributed by atoms with Crippen molar-refractivity contribution in [3.05, 3.63) is 65.6 Å². The van der Waals surface area contributed by atoms with Crippen LogP contribution >= 0.6 is 24.0 Å². The molecular formula is C23H31IN8. The lowest BCUT2D eigenvalue weighted by Gasteiger charge is -2.22. The minimum Gasteiger partial charge on any atom is -0.382 e. The molecular weight excluding hydrogens is 515 g/mol. The summed E-state index contributed by atoms with van der Waals surface area (Å²) in [5, 5.41) is 17.5. The molecule has 0 radical (unpaired) electrons. The van der Waals surface area contributed by atoms with E-state index in [2.05, 4.69) is 38.9 Å². The molecule has 0 aliphatic rings. The number of guanidine groups is 1. The van der Waals surface area contributed by atoms with E-state index in [0.717, 1.165) is 31.2 Å². The van der Waals surface area contributed by atoms with Crippen LogP contribution in [-0.2, 0) is 20.0 Å². The third-order valence-corrected chi connectivity index (χ3v) is 5.09. The molecule has 0 saturated carbocycles. The van der Waals surface area contributed by atoms with E-state index in [4.69, 9.17) is 10.7 Å². The van der Waals surface area contributed by atoms with Crippen molar-refractivity contribution < 1.29 is 0 Å². The van der Waals surface area contributed by atoms with Gasteiger partial charge in [0.15, 0.2) is 5.96 Å². The van der Waals surface area contributed by atoms with Crippen molar-refractivity contribution in [2.45, 2.75) is 26.3 Å². The molecule has 0 amide bonds. The van der Waals surface area contributed by atoms with E-state index < -0.39 is 0 Å². The number of nitrogens with one attached hydrogen (secondary N) is 1. The van der Waals surface area contributed by atoms with Gasteiger partial charge in [-0.15, -0.1) is 24.0 Å². The molecule has 0 atom stereocenters. The first-order valence-electron chi connectivity index (χ1n) is 10.5. The van der Waals surface area contributed by atoms with Crippen molar-refractivity contribution >= 4 is 35.8 Å². The molecule has 3 N–H and O–H groups in total. The molecule has 8 nitrogen and oxygen atoms in total. The number of nitriles is 1. The fourth-order valence-electron chi connectivity index (χ4n) is 3.42. The van der Waals surface area contributed by atoms with Gasteiger partial charge in [-0.05, 0) is 44.0 Å². The second kappa shape index (κ2) is 12.1. The first kappa shape index (κ1) is 25.3. The minimum absolute atomic E-state index is 0. The maximum atomic E-state index is 9.56. The van der Waals surface area contributed by atoms with Crippen molar-refractivity contribution in [3.63, 3.8) is 0 Å². The molecule has 0 aliphatic carbocycles. The third-order valence-electron chi connectivity index (χ3n) is 5.09. The molecule has 3 aromatic rings. The normalized spacial score (nSPS) is 11.0. The number of nitrogens with zero attached hydrogens (tertiary/aromatic N) is 6. The number of rotatable bonds is 8. The largest absolute Gasteiger partial charge is 0.382 e. The van der Waals surface area contributed by atoms with Crippen molar-refractivity contribution in [3.8, 4) is 11.8 Å². The molecule has 0 fully saturated rings. The maximum absolute atomic E-state index is 9.56. The molecule has 2 aromatic heterocycles. The number of benzene rings is 1. The van der Waals surface area contributed by atoms with Crippen LogP contribution in [0, 0.1) is 11.3 Å². The average molecular weight is 546 g/mol. The second-order valence-corrected chi connectivity index (χ2v) is 7.37. The smallest absolute Gasteiger partial charge is 0.194 e. The zero-order valence-corrected chi connectivity index (χ0v) is 21.2. The van der Waals surface area contributed by atoms with E-state index in [1.165, 1.54) is 5.69 Å². The molecule has 2 heterocycles. The lowest BCUT2D eigenvalue weighted by Crippen LogP contribution is -2.38. The van der Waals surface area contributed by atoms with Crippen LogP contribution in [0.15, 0.2) is 53.7 Å². The van der Waals surface area contributed by atoms with Gasteiger partial charge in [0.1, 0.15) is 17.5 Å². The Kier molecular flexibility index (Phi) is 9.59. The van der Waals surface area contributed by atoms with Crippen LogP contribution in [0.2, 0.25) is 0 Å². The second-order valence-electron chi connectivity index (χ2n) is 7.37. The quantitative estimate of drug-likeness (QED) is 0.196. The molecule has 32 heavy (non-hydrogen) atoms. The number of para-hydroxylation sites is 1. The number of hydrogen-bond acceptors (Lipinski definition) is 4. The summed E-state index contributed by atoms with van der Waals surface area (Å²) in [5.74, 6) is 1.24. The van der Waals surface area contributed by atoms with E-state index in [-0.39, 0.29) is 24.0 Å². The Bertz CT molecular complexity index is 1060. The standard InChI is InChI=1S/C23H30N8.HI/c1-4-26-23(30(3)17-19-12-9-15-29(19)2)27-14-8-13-21-20(16-24)22(25)31(28-21)18-10-6-5-7-11-18;/h5-7,9-12,15H,4,8,13-14,17,25H2,1-3H3,(H,26,27);1H. The van der Waals surface area contributed by atoms with Crippen molar-refractivity contribution in [1.29, 1.82) is 5.26 Å². The Morgan fingerprint density at radius 2 is 2.00 bits per heavy atom. The van der Waals surface area contributed by atoms with Crippen LogP contribution in [0.3, 0.4) is 0 Å². The summed E-state index contributed by atoms with van der Waals surface area (Å²) in [4.78, 5) is 6.87. The van der Waals surface area contributed by atoms with Gasteiger partial charge in [0, 0.05) is 39.1 Å². The molecule has 0 unspecified atom stereocenters. The van der Waals surface area contributed by atoms with E-state index in [1.807, 2.05) is 56.7 Å². The van der Waals surface area contributed by atoms with Crippen molar-refractivity contribution in [2.24, 2.45) is 12.0 Å². The summed E-state index contributed by atoms with van der Waals surface area (Å²) in [7, 11) is 4.07. The number of halogens is 1. The van der Waals surface area contributed by atoms with Gasteiger partial charge in [-0.25, -0.2) is 4.68 Å². The van der Waals surface area contributed by atoms with E-state index in [9.17, 15) is 5.26 Å². The Morgan fingerprint density at radius 1 is 1.25 bits per heavy atom. The number of aromatic nitrogens is 3. The summed E-state index contributed by atoms with van der Waals surface area (Å²) in [6.45, 7) is 4.26. The molecule has 0 spiro atoms. The van der Waals surface area contributed by atoms with Crippen LogP contribution in [0.4, 0.5) is 5.82 Å². The monoisotopic (exact) mass is 546 g/mol. The van der Waals surface area contributed by atoms with E-state index >= 15 is 0 Å². The van der Waals surface area contributed by atoms with Gasteiger partial charge in [0.25, 0.3) is 0 Å². The number of nitrogens with two attached hydrogens (primary N) is 1. The number of hydrogen-bond donors (Lipinski definition) is 2. The SMILES string of the molecule is CCNC(=NCCCc1nn(-c2ccccc2)c(N)c1C#N)N(C)Cc1cccn1C.I. The molecule has 170 valence electrons. The topological polar surface area (TPSA) is 100 Å². The van der Waals surface area contributed by atoms with Crippen LogP contribution < -0.4 is 11.1 Å². The Labute approximate surface area is 206 Å². The molecule has 3 rings (SSSR count). The van der Waals surface area contributed by atoms with Crippen LogP contribution in [0.1, 0.15) is 30.3 Å². The summed E-state index contributed by atoms with van der Waals surface area (Å²) in [6, 6.07) is 16.0. The summed E-state index contributed by atoms with van der Waals surface area (Å²) < 4.78 is 3.74. The third kappa shape index (κ3) is 6.03. The predicted octanol–water partition coefficient (Wildman–Crippen LogP) is 3.31. The molecule has 0 aliphatic heterocycles. The van der Waals surface area contributed by atoms with Crippen LogP contribution in [0.25, 0.3) is 5.69 Å². The Morgan fingerprint density at radius 3 is 2.62 bits per heavy atom. The van der Waals surface area contributed by atoms with Crippen LogP contribution in [0.5, 0.6) is 0 Å². The number of aryl methyl sites for hydroxylation is 2. The molecule has 0 saturated heterocycles. The summed E-state index contributed by atoms with van der Waals surface area (Å²) >= 11 is 0. The zero-order valence-electron chi connectivity index (χ0n) is 18.8. The highest BCUT2D eigenvalue weighted by Gasteiger charge is 2.16. The predicted molar refractivity (Wildman–Crippen MR) is 139 cm³/mol. The van der Waals surface area contributed by atoms with Gasteiger partial charge in [0.05, 0.1) is 17.9 Å². The minimum atomic E-state index is 0. The lowest BCUT2D eigenvalue weighted by atomic mass is 10.1. The van der Waals surface area contributed by atoms with Gasteiger partial charge < -0.3 is 20.5 Å². The summed E-state index contributed by atoms with van der Waals surface area (Å²) in [5.41, 5.74) is 9.40. The number of nitrogen functional groups attached to an aromatic ring is 1. The van der Waals surface area contributed by atoms with Gasteiger partial charge in [-0.3, -0.25) is 4.99 Å². The van der Waals surface area contributed by atoms with Crippen molar-refractivity contribution in [1.82, 2.24) is 24.6 Å². The lowest BCUT2D eigenvalue weighted by molar-refractivity contribution is 0.461. The highest BCUT2D eigenvalue weighted by atomic mass is 127. The molecule has 9 heteroatoms. The van der Waals surface area contributed by atoms with Gasteiger partial charge in [-0.1, -0.05) is 18.2 Å². The fraction of sp³-hybridized carbons (Fsp3) is 0.348. The highest BCUT2D eigenvalue weighted by molar-refractivity contribution is 14.0. The van der Waals surface area contributed by atoms with Crippen LogP contribution in [-0.4, -0.2) is 45.3 Å². The van der Waals surface area contributed by atoms with E-state index in [0.29, 0.717) is 30.0 Å². The van der Waals surface area contributed by atoms with Gasteiger partial charge in [-0.2, -0.15) is 10.4 Å². The Hall–Kier alpha value is -3.00. The fourth-order valence-corrected chi connectivity index (χ4v) is 3.42. The zero-order chi connectivity index (χ0) is 22.2. The van der Waals surface area contributed by atoms with Crippen molar-refractivity contribution in [2.75, 3.05) is 25.9 Å². The Balaban J connectivity index is 0.00000363. The average Bonchev–Trinajstić information content (AvgIpc) is 3.32. The molecule has 0 bridgehead atoms. The highest BCUT2D eigenvalue weighted by Crippen LogP contribution is 2.21. The number of aliphatic imine (C=N–C) groups is 1. The summed E-state index contributed by atoms with van der Waals surface area (Å²) in [6.07, 6.45) is 3.45. The maximum Gasteiger partial charge on any atom is 0.194 e. The first-order valence-corrected chi connectivity index (χ1v) is 10.5. The van der Waals surface area contributed by atoms with Gasteiger partial charge in [0.2, 0.25) is 0 Å². The first-order chi connectivity index (χ1) is 15.0.